The zero-order valence-electron chi connectivity index (χ0n) is 14.4. The Bertz CT molecular complexity index is 1160. The third-order valence-electron chi connectivity index (χ3n) is 4.32. The van der Waals surface area contributed by atoms with Crippen LogP contribution in [0.3, 0.4) is 0 Å². The third-order valence-corrected chi connectivity index (χ3v) is 4.32. The van der Waals surface area contributed by atoms with Gasteiger partial charge in [-0.25, -0.2) is 9.37 Å². The number of aromatic amines is 1. The van der Waals surface area contributed by atoms with Crippen LogP contribution in [0.15, 0.2) is 59.8 Å². The highest BCUT2D eigenvalue weighted by atomic mass is 19.1. The molecule has 0 saturated heterocycles. The molecule has 0 saturated carbocycles. The predicted octanol–water partition coefficient (Wildman–Crippen LogP) is 4.12. The molecule has 0 amide bonds. The molecule has 4 aromatic rings. The molecule has 3 heterocycles. The van der Waals surface area contributed by atoms with Crippen LogP contribution in [0.1, 0.15) is 5.56 Å². The Morgan fingerprint density at radius 2 is 1.92 bits per heavy atom. The number of aromatic nitrogens is 3. The lowest BCUT2D eigenvalue weighted by atomic mass is 10.0. The van der Waals surface area contributed by atoms with Crippen molar-refractivity contribution in [3.05, 3.63) is 76.7 Å². The Morgan fingerprint density at radius 1 is 1.15 bits per heavy atom. The number of hydrogen-bond acceptors (Lipinski definition) is 3. The number of aryl methyl sites for hydroxylation is 2. The van der Waals surface area contributed by atoms with Crippen molar-refractivity contribution >= 4 is 22.4 Å². The fourth-order valence-electron chi connectivity index (χ4n) is 3.03. The van der Waals surface area contributed by atoms with Crippen molar-refractivity contribution in [3.8, 4) is 11.1 Å². The number of rotatable bonds is 3. The number of anilines is 2. The molecule has 4 rings (SSSR count). The molecular weight excluding hydrogens is 331 g/mol. The van der Waals surface area contributed by atoms with Crippen molar-refractivity contribution in [2.24, 2.45) is 7.05 Å². The van der Waals surface area contributed by atoms with E-state index < -0.39 is 0 Å². The minimum Gasteiger partial charge on any atom is -0.357 e. The van der Waals surface area contributed by atoms with Gasteiger partial charge in [-0.1, -0.05) is 0 Å². The molecular formula is C20H17FN4O. The maximum Gasteiger partial charge on any atom is 0.274 e. The van der Waals surface area contributed by atoms with Crippen LogP contribution in [0, 0.1) is 12.7 Å². The summed E-state index contributed by atoms with van der Waals surface area (Å²) in [5, 5.41) is 4.08. The van der Waals surface area contributed by atoms with Gasteiger partial charge >= 0.3 is 0 Å². The van der Waals surface area contributed by atoms with Crippen LogP contribution < -0.4 is 10.9 Å². The van der Waals surface area contributed by atoms with Crippen molar-refractivity contribution in [1.82, 2.24) is 14.5 Å². The summed E-state index contributed by atoms with van der Waals surface area (Å²) in [6.45, 7) is 1.97. The van der Waals surface area contributed by atoms with Gasteiger partial charge in [0.25, 0.3) is 5.56 Å². The molecule has 0 spiro atoms. The maximum atomic E-state index is 13.2. The van der Waals surface area contributed by atoms with E-state index in [0.717, 1.165) is 27.8 Å². The van der Waals surface area contributed by atoms with Gasteiger partial charge in [-0.05, 0) is 48.9 Å². The summed E-state index contributed by atoms with van der Waals surface area (Å²) in [4.78, 5) is 19.8. The van der Waals surface area contributed by atoms with E-state index >= 15 is 0 Å². The second-order valence-electron chi connectivity index (χ2n) is 6.27. The zero-order chi connectivity index (χ0) is 18.3. The van der Waals surface area contributed by atoms with Gasteiger partial charge in [0.15, 0.2) is 0 Å². The molecule has 0 fully saturated rings. The number of nitrogens with one attached hydrogen (secondary N) is 2. The highest BCUT2D eigenvalue weighted by Crippen LogP contribution is 2.33. The van der Waals surface area contributed by atoms with Crippen LogP contribution in [0.25, 0.3) is 22.0 Å². The van der Waals surface area contributed by atoms with Crippen LogP contribution in [0.4, 0.5) is 15.9 Å². The summed E-state index contributed by atoms with van der Waals surface area (Å²) in [6, 6.07) is 10.0. The number of nitrogens with zero attached hydrogens (tertiary/aromatic N) is 2. The Balaban J connectivity index is 1.91. The Kier molecular flexibility index (Phi) is 3.80. The van der Waals surface area contributed by atoms with Crippen LogP contribution in [0.2, 0.25) is 0 Å². The minimum absolute atomic E-state index is 0.0811. The first kappa shape index (κ1) is 16.1. The first-order chi connectivity index (χ1) is 12.5. The summed E-state index contributed by atoms with van der Waals surface area (Å²) in [5.74, 6) is 0.350. The van der Waals surface area contributed by atoms with Gasteiger partial charge in [0.1, 0.15) is 17.2 Å². The van der Waals surface area contributed by atoms with Crippen LogP contribution >= 0.6 is 0 Å². The average molecular weight is 348 g/mol. The van der Waals surface area contributed by atoms with Crippen molar-refractivity contribution in [2.75, 3.05) is 5.32 Å². The number of H-pyrrole nitrogens is 1. The van der Waals surface area contributed by atoms with E-state index in [1.165, 1.54) is 12.1 Å². The number of fused-ring (bicyclic) bond motifs is 1. The predicted molar refractivity (Wildman–Crippen MR) is 101 cm³/mol. The topological polar surface area (TPSA) is 62.7 Å². The Morgan fingerprint density at radius 3 is 2.69 bits per heavy atom. The van der Waals surface area contributed by atoms with E-state index in [9.17, 15) is 9.18 Å². The lowest BCUT2D eigenvalue weighted by molar-refractivity contribution is 0.628. The zero-order valence-corrected chi connectivity index (χ0v) is 14.4. The maximum absolute atomic E-state index is 13.2. The molecule has 6 heteroatoms. The van der Waals surface area contributed by atoms with E-state index in [4.69, 9.17) is 0 Å². The lowest BCUT2D eigenvalue weighted by Crippen LogP contribution is -2.16. The minimum atomic E-state index is -0.292. The Labute approximate surface area is 149 Å². The van der Waals surface area contributed by atoms with Crippen molar-refractivity contribution in [3.63, 3.8) is 0 Å². The molecule has 0 unspecified atom stereocenters. The smallest absolute Gasteiger partial charge is 0.274 e. The molecule has 26 heavy (non-hydrogen) atoms. The van der Waals surface area contributed by atoms with E-state index in [1.807, 2.05) is 25.3 Å². The summed E-state index contributed by atoms with van der Waals surface area (Å²) >= 11 is 0. The van der Waals surface area contributed by atoms with Crippen LogP contribution in [0.5, 0.6) is 0 Å². The number of halogens is 1. The van der Waals surface area contributed by atoms with E-state index in [1.54, 1.807) is 36.1 Å². The monoisotopic (exact) mass is 348 g/mol. The van der Waals surface area contributed by atoms with Gasteiger partial charge in [0, 0.05) is 47.8 Å². The first-order valence-corrected chi connectivity index (χ1v) is 8.19. The largest absolute Gasteiger partial charge is 0.357 e. The lowest BCUT2D eigenvalue weighted by Gasteiger charge is -2.14. The highest BCUT2D eigenvalue weighted by molar-refractivity contribution is 5.97. The van der Waals surface area contributed by atoms with Crippen molar-refractivity contribution in [2.45, 2.75) is 6.92 Å². The molecule has 1 aromatic carbocycles. The average Bonchev–Trinajstić information content (AvgIpc) is 3.12. The van der Waals surface area contributed by atoms with Crippen molar-refractivity contribution < 1.29 is 4.39 Å². The van der Waals surface area contributed by atoms with Crippen LogP contribution in [-0.4, -0.2) is 14.5 Å². The highest BCUT2D eigenvalue weighted by Gasteiger charge is 2.14. The molecule has 0 atom stereocenters. The first-order valence-electron chi connectivity index (χ1n) is 8.19. The molecule has 0 bridgehead atoms. The quantitative estimate of drug-likeness (QED) is 0.585. The molecule has 130 valence electrons. The Hall–Kier alpha value is -3.41. The second-order valence-corrected chi connectivity index (χ2v) is 6.27. The molecule has 2 N–H and O–H groups in total. The van der Waals surface area contributed by atoms with Gasteiger partial charge in [-0.15, -0.1) is 0 Å². The summed E-state index contributed by atoms with van der Waals surface area (Å²) in [5.41, 5.74) is 3.97. The van der Waals surface area contributed by atoms with Gasteiger partial charge in [-0.2, -0.15) is 0 Å². The van der Waals surface area contributed by atoms with Gasteiger partial charge < -0.3 is 14.9 Å². The van der Waals surface area contributed by atoms with Gasteiger partial charge in [0.2, 0.25) is 0 Å². The van der Waals surface area contributed by atoms with Crippen molar-refractivity contribution in [1.29, 1.82) is 0 Å². The molecule has 3 aromatic heterocycles. The number of hydrogen-bond donors (Lipinski definition) is 2. The summed E-state index contributed by atoms with van der Waals surface area (Å²) in [6.07, 6.45) is 5.34. The summed E-state index contributed by atoms with van der Waals surface area (Å²) in [7, 11) is 1.72. The normalized spacial score (nSPS) is 11.0. The van der Waals surface area contributed by atoms with Crippen LogP contribution in [-0.2, 0) is 7.05 Å². The molecule has 0 aliphatic heterocycles. The SMILES string of the molecule is Cc1cnc(Nc2ccc(F)cc2)c(-c2cn(C)c(=O)c3[nH]ccc23)c1. The second kappa shape index (κ2) is 6.15. The standard InChI is InChI=1S/C20H17FN4O/c1-12-9-16(17-11-25(2)20(26)18-15(17)7-8-22-18)19(23-10-12)24-14-5-3-13(21)4-6-14/h3-11,22H,1-2H3,(H,23,24). The fraction of sp³-hybridized carbons (Fsp3) is 0.100. The molecule has 0 radical (unpaired) electrons. The molecule has 0 aliphatic carbocycles. The third kappa shape index (κ3) is 2.75. The molecule has 5 nitrogen and oxygen atoms in total. The van der Waals surface area contributed by atoms with E-state index in [-0.39, 0.29) is 11.4 Å². The van der Waals surface area contributed by atoms with E-state index in [0.29, 0.717) is 11.3 Å². The number of pyridine rings is 2. The fourth-order valence-corrected chi connectivity index (χ4v) is 3.03. The number of benzene rings is 1. The molecule has 0 aliphatic rings. The summed E-state index contributed by atoms with van der Waals surface area (Å²) < 4.78 is 14.7. The van der Waals surface area contributed by atoms with Gasteiger partial charge in [-0.3, -0.25) is 4.79 Å². The van der Waals surface area contributed by atoms with E-state index in [2.05, 4.69) is 15.3 Å². The van der Waals surface area contributed by atoms with Gasteiger partial charge in [0.05, 0.1) is 0 Å².